The topological polar surface area (TPSA) is 116 Å². The molecule has 0 aliphatic carbocycles. The van der Waals surface area contributed by atoms with Gasteiger partial charge in [0.1, 0.15) is 11.9 Å². The lowest BCUT2D eigenvalue weighted by atomic mass is 10.1. The predicted molar refractivity (Wildman–Crippen MR) is 113 cm³/mol. The number of non-ortho nitro benzene ring substituents is 1. The van der Waals surface area contributed by atoms with Crippen LogP contribution in [0.3, 0.4) is 0 Å². The van der Waals surface area contributed by atoms with E-state index < -0.39 is 4.92 Å². The summed E-state index contributed by atoms with van der Waals surface area (Å²) in [7, 11) is 0. The molecule has 10 nitrogen and oxygen atoms in total. The van der Waals surface area contributed by atoms with Gasteiger partial charge in [0.2, 0.25) is 0 Å². The second-order valence-corrected chi connectivity index (χ2v) is 7.32. The van der Waals surface area contributed by atoms with Gasteiger partial charge in [0.15, 0.2) is 0 Å². The number of benzene rings is 1. The van der Waals surface area contributed by atoms with E-state index in [4.69, 9.17) is 4.74 Å². The highest BCUT2D eigenvalue weighted by Crippen LogP contribution is 2.28. The van der Waals surface area contributed by atoms with E-state index in [9.17, 15) is 20.2 Å². The molecule has 0 saturated carbocycles. The number of morpholine rings is 1. The third kappa shape index (κ3) is 4.27. The van der Waals surface area contributed by atoms with Gasteiger partial charge in [0.25, 0.3) is 11.6 Å². The van der Waals surface area contributed by atoms with Gasteiger partial charge in [-0.1, -0.05) is 0 Å². The quantitative estimate of drug-likeness (QED) is 0.540. The van der Waals surface area contributed by atoms with Crippen molar-refractivity contribution in [2.45, 2.75) is 0 Å². The fourth-order valence-corrected chi connectivity index (χ4v) is 3.92. The molecule has 160 valence electrons. The number of hydrogen-bond acceptors (Lipinski definition) is 8. The molecule has 0 atom stereocenters. The highest BCUT2D eigenvalue weighted by Gasteiger charge is 2.28. The summed E-state index contributed by atoms with van der Waals surface area (Å²) in [5, 5.41) is 20.6. The molecular weight excluding hydrogens is 400 g/mol. The highest BCUT2D eigenvalue weighted by atomic mass is 16.6. The summed E-state index contributed by atoms with van der Waals surface area (Å²) in [5.41, 5.74) is 1.42. The molecule has 4 rings (SSSR count). The summed E-state index contributed by atoms with van der Waals surface area (Å²) in [6.45, 7) is 4.28. The van der Waals surface area contributed by atoms with Gasteiger partial charge in [-0.05, 0) is 18.2 Å². The van der Waals surface area contributed by atoms with Crippen LogP contribution in [0.15, 0.2) is 36.5 Å². The van der Waals surface area contributed by atoms with E-state index in [2.05, 4.69) is 11.1 Å². The summed E-state index contributed by atoms with van der Waals surface area (Å²) >= 11 is 0. The zero-order chi connectivity index (χ0) is 21.8. The molecule has 2 aliphatic heterocycles. The van der Waals surface area contributed by atoms with Crippen LogP contribution >= 0.6 is 0 Å². The third-order valence-corrected chi connectivity index (χ3v) is 5.55. The lowest BCUT2D eigenvalue weighted by Gasteiger charge is -2.37. The Morgan fingerprint density at radius 3 is 2.52 bits per heavy atom. The summed E-state index contributed by atoms with van der Waals surface area (Å²) in [5.74, 6) is 0.382. The minimum absolute atomic E-state index is 0.105. The molecule has 2 aromatic rings. The van der Waals surface area contributed by atoms with Gasteiger partial charge in [0.05, 0.1) is 35.0 Å². The first-order chi connectivity index (χ1) is 15.1. The van der Waals surface area contributed by atoms with Crippen LogP contribution in [0, 0.1) is 21.4 Å². The van der Waals surface area contributed by atoms with Crippen molar-refractivity contribution in [2.24, 2.45) is 0 Å². The second kappa shape index (κ2) is 8.97. The van der Waals surface area contributed by atoms with Crippen LogP contribution in [0.2, 0.25) is 0 Å². The van der Waals surface area contributed by atoms with E-state index in [1.807, 2.05) is 9.80 Å². The number of nitriles is 1. The Morgan fingerprint density at radius 1 is 1.10 bits per heavy atom. The van der Waals surface area contributed by atoms with Crippen LogP contribution < -0.4 is 9.80 Å². The number of aromatic nitrogens is 1. The molecule has 2 aliphatic rings. The lowest BCUT2D eigenvalue weighted by Crippen LogP contribution is -2.49. The number of hydrogen-bond donors (Lipinski definition) is 0. The van der Waals surface area contributed by atoms with E-state index in [0.717, 1.165) is 0 Å². The Morgan fingerprint density at radius 2 is 1.84 bits per heavy atom. The Hall–Kier alpha value is -3.71. The van der Waals surface area contributed by atoms with Gasteiger partial charge >= 0.3 is 0 Å². The number of piperazine rings is 1. The molecule has 0 spiro atoms. The van der Waals surface area contributed by atoms with Gasteiger partial charge in [-0.3, -0.25) is 14.9 Å². The third-order valence-electron chi connectivity index (χ3n) is 5.55. The van der Waals surface area contributed by atoms with Gasteiger partial charge < -0.3 is 19.4 Å². The average Bonchev–Trinajstić information content (AvgIpc) is 2.83. The fourth-order valence-electron chi connectivity index (χ4n) is 3.92. The monoisotopic (exact) mass is 422 g/mol. The van der Waals surface area contributed by atoms with Crippen LogP contribution in [-0.4, -0.2) is 73.2 Å². The summed E-state index contributed by atoms with van der Waals surface area (Å²) in [4.78, 5) is 34.2. The fraction of sp³-hybridized carbons (Fsp3) is 0.381. The van der Waals surface area contributed by atoms with Crippen molar-refractivity contribution in [1.82, 2.24) is 9.88 Å². The first-order valence-corrected chi connectivity index (χ1v) is 10.1. The first-order valence-electron chi connectivity index (χ1n) is 10.1. The number of nitro groups is 1. The molecule has 10 heteroatoms. The summed E-state index contributed by atoms with van der Waals surface area (Å²) in [6, 6.07) is 10.0. The number of amides is 1. The van der Waals surface area contributed by atoms with E-state index in [-0.39, 0.29) is 11.6 Å². The van der Waals surface area contributed by atoms with Gasteiger partial charge in [0, 0.05) is 57.6 Å². The van der Waals surface area contributed by atoms with E-state index >= 15 is 0 Å². The van der Waals surface area contributed by atoms with Crippen LogP contribution in [0.25, 0.3) is 0 Å². The molecule has 0 unspecified atom stereocenters. The van der Waals surface area contributed by atoms with Crippen molar-refractivity contribution in [2.75, 3.05) is 62.3 Å². The molecule has 31 heavy (non-hydrogen) atoms. The molecule has 0 radical (unpaired) electrons. The van der Waals surface area contributed by atoms with Crippen LogP contribution in [0.5, 0.6) is 0 Å². The van der Waals surface area contributed by atoms with Crippen LogP contribution in [0.1, 0.15) is 15.9 Å². The summed E-state index contributed by atoms with van der Waals surface area (Å²) < 4.78 is 5.39. The normalized spacial score (nSPS) is 16.7. The van der Waals surface area contributed by atoms with Gasteiger partial charge in [-0.25, -0.2) is 4.98 Å². The lowest BCUT2D eigenvalue weighted by molar-refractivity contribution is -0.384. The number of pyridine rings is 1. The van der Waals surface area contributed by atoms with Crippen molar-refractivity contribution in [3.05, 3.63) is 57.8 Å². The maximum absolute atomic E-state index is 13.4. The minimum Gasteiger partial charge on any atom is -0.378 e. The van der Waals surface area contributed by atoms with Crippen molar-refractivity contribution in [3.8, 4) is 6.07 Å². The highest BCUT2D eigenvalue weighted by molar-refractivity contribution is 6.00. The van der Waals surface area contributed by atoms with Crippen molar-refractivity contribution >= 4 is 23.1 Å². The number of anilines is 2. The van der Waals surface area contributed by atoms with E-state index in [0.29, 0.717) is 75.1 Å². The Labute approximate surface area is 179 Å². The zero-order valence-corrected chi connectivity index (χ0v) is 16.9. The largest absolute Gasteiger partial charge is 0.378 e. The number of carbonyl (C=O) groups is 1. The smallest absolute Gasteiger partial charge is 0.270 e. The van der Waals surface area contributed by atoms with Crippen molar-refractivity contribution < 1.29 is 14.5 Å². The minimum atomic E-state index is -0.484. The summed E-state index contributed by atoms with van der Waals surface area (Å²) in [6.07, 6.45) is 1.64. The van der Waals surface area contributed by atoms with Gasteiger partial charge in [-0.15, -0.1) is 0 Å². The maximum atomic E-state index is 13.4. The standard InChI is InChI=1S/C21H22N6O4/c22-15-16-2-1-5-23-20(16)25-6-8-26(9-7-25)21(28)18-14-17(27(29)30)3-4-19(18)24-10-12-31-13-11-24/h1-5,14H,6-13H2. The van der Waals surface area contributed by atoms with Crippen LogP contribution in [0.4, 0.5) is 17.2 Å². The maximum Gasteiger partial charge on any atom is 0.270 e. The molecule has 3 heterocycles. The molecule has 0 bridgehead atoms. The molecule has 1 aromatic heterocycles. The SMILES string of the molecule is N#Cc1cccnc1N1CCN(C(=O)c2cc([N+](=O)[O-])ccc2N2CCOCC2)CC1. The number of nitro benzene ring substituents is 1. The molecule has 1 aromatic carbocycles. The first kappa shape index (κ1) is 20.6. The Balaban J connectivity index is 1.55. The number of ether oxygens (including phenoxy) is 1. The predicted octanol–water partition coefficient (Wildman–Crippen LogP) is 1.66. The average molecular weight is 422 g/mol. The Kier molecular flexibility index (Phi) is 5.95. The zero-order valence-electron chi connectivity index (χ0n) is 16.9. The molecular formula is C21H22N6O4. The van der Waals surface area contributed by atoms with E-state index in [1.165, 1.54) is 12.1 Å². The van der Waals surface area contributed by atoms with Crippen LogP contribution in [-0.2, 0) is 4.74 Å². The number of rotatable bonds is 4. The van der Waals surface area contributed by atoms with E-state index in [1.54, 1.807) is 29.3 Å². The Bertz CT molecular complexity index is 1020. The molecule has 2 saturated heterocycles. The second-order valence-electron chi connectivity index (χ2n) is 7.32. The molecule has 1 amide bonds. The number of nitrogens with zero attached hydrogens (tertiary/aromatic N) is 6. The number of carbonyl (C=O) groups excluding carboxylic acids is 1. The van der Waals surface area contributed by atoms with Crippen molar-refractivity contribution in [3.63, 3.8) is 0 Å². The molecule has 2 fully saturated rings. The van der Waals surface area contributed by atoms with Gasteiger partial charge in [-0.2, -0.15) is 5.26 Å². The molecule has 0 N–H and O–H groups in total. The van der Waals surface area contributed by atoms with Crippen molar-refractivity contribution in [1.29, 1.82) is 5.26 Å².